The number of carbonyl (C=O) groups excluding carboxylic acids is 2. The summed E-state index contributed by atoms with van der Waals surface area (Å²) in [5.41, 5.74) is 4.38. The average molecular weight is 606 g/mol. The highest BCUT2D eigenvalue weighted by Gasteiger charge is 2.30. The van der Waals surface area contributed by atoms with Crippen LogP contribution in [0.25, 0.3) is 11.1 Å². The molecule has 1 atom stereocenters. The summed E-state index contributed by atoms with van der Waals surface area (Å²) in [5.74, 6) is -0.162. The Morgan fingerprint density at radius 1 is 1.10 bits per heavy atom. The van der Waals surface area contributed by atoms with Crippen LogP contribution < -0.4 is 4.74 Å². The smallest absolute Gasteiger partial charge is 0.255 e. The summed E-state index contributed by atoms with van der Waals surface area (Å²) < 4.78 is 22.1. The minimum absolute atomic E-state index is 0.0438. The average Bonchev–Trinajstić information content (AvgIpc) is 3.42. The molecule has 206 valence electrons. The summed E-state index contributed by atoms with van der Waals surface area (Å²) in [6, 6.07) is 17.9. The molecular formula is C30H29BrFN5O3. The monoisotopic (exact) mass is 605 g/mol. The lowest BCUT2D eigenvalue weighted by Gasteiger charge is -2.34. The molecule has 0 aliphatic carbocycles. The van der Waals surface area contributed by atoms with E-state index < -0.39 is 0 Å². The van der Waals surface area contributed by atoms with Gasteiger partial charge < -0.3 is 14.5 Å². The fourth-order valence-electron chi connectivity index (χ4n) is 4.91. The summed E-state index contributed by atoms with van der Waals surface area (Å²) in [6.07, 6.45) is 1.72. The van der Waals surface area contributed by atoms with Crippen LogP contribution in [-0.4, -0.2) is 63.4 Å². The van der Waals surface area contributed by atoms with Crippen molar-refractivity contribution < 1.29 is 18.7 Å². The normalized spacial score (nSPS) is 14.4. The number of halogens is 2. The second-order valence-corrected chi connectivity index (χ2v) is 10.7. The van der Waals surface area contributed by atoms with Crippen molar-refractivity contribution in [1.82, 2.24) is 24.8 Å². The molecule has 0 saturated carbocycles. The van der Waals surface area contributed by atoms with Gasteiger partial charge in [-0.25, -0.2) is 9.07 Å². The van der Waals surface area contributed by atoms with Crippen molar-refractivity contribution in [3.05, 3.63) is 99.5 Å². The van der Waals surface area contributed by atoms with E-state index in [1.807, 2.05) is 50.2 Å². The van der Waals surface area contributed by atoms with Gasteiger partial charge in [0.1, 0.15) is 23.8 Å². The molecule has 0 bridgehead atoms. The molecule has 1 aromatic heterocycles. The van der Waals surface area contributed by atoms with Crippen LogP contribution in [0.15, 0.2) is 71.3 Å². The molecular weight excluding hydrogens is 577 g/mol. The van der Waals surface area contributed by atoms with E-state index in [1.54, 1.807) is 46.0 Å². The maximum absolute atomic E-state index is 14.4. The Balaban J connectivity index is 1.29. The molecule has 2 heterocycles. The molecule has 1 aliphatic rings. The lowest BCUT2D eigenvalue weighted by Crippen LogP contribution is -2.51. The molecule has 0 unspecified atom stereocenters. The van der Waals surface area contributed by atoms with Gasteiger partial charge in [-0.15, -0.1) is 5.10 Å². The Morgan fingerprint density at radius 3 is 2.62 bits per heavy atom. The van der Waals surface area contributed by atoms with E-state index in [2.05, 4.69) is 26.2 Å². The number of carbonyl (C=O) groups is 2. The van der Waals surface area contributed by atoms with Gasteiger partial charge in [0.25, 0.3) is 5.91 Å². The molecule has 4 aromatic rings. The number of hydrogen-bond donors (Lipinski definition) is 0. The van der Waals surface area contributed by atoms with Gasteiger partial charge in [0.05, 0.1) is 31.5 Å². The van der Waals surface area contributed by atoms with Gasteiger partial charge >= 0.3 is 0 Å². The quantitative estimate of drug-likeness (QED) is 0.287. The lowest BCUT2D eigenvalue weighted by molar-refractivity contribution is -0.135. The van der Waals surface area contributed by atoms with E-state index in [0.29, 0.717) is 40.1 Å². The maximum Gasteiger partial charge on any atom is 0.255 e. The maximum atomic E-state index is 14.4. The Bertz CT molecular complexity index is 1570. The Morgan fingerprint density at radius 2 is 1.90 bits per heavy atom. The highest BCUT2D eigenvalue weighted by Crippen LogP contribution is 2.31. The number of benzene rings is 3. The fourth-order valence-corrected chi connectivity index (χ4v) is 5.24. The molecule has 0 spiro atoms. The second kappa shape index (κ2) is 11.6. The van der Waals surface area contributed by atoms with Gasteiger partial charge in [-0.05, 0) is 60.9 Å². The number of piperazine rings is 1. The Kier molecular flexibility index (Phi) is 7.97. The molecule has 8 nitrogen and oxygen atoms in total. The van der Waals surface area contributed by atoms with Crippen molar-refractivity contribution in [3.63, 3.8) is 0 Å². The summed E-state index contributed by atoms with van der Waals surface area (Å²) in [5, 5.41) is 8.37. The third kappa shape index (κ3) is 5.62. The van der Waals surface area contributed by atoms with Gasteiger partial charge in [-0.2, -0.15) is 0 Å². The van der Waals surface area contributed by atoms with Gasteiger partial charge in [0.2, 0.25) is 5.91 Å². The van der Waals surface area contributed by atoms with E-state index in [9.17, 15) is 14.0 Å². The van der Waals surface area contributed by atoms with Gasteiger partial charge in [-0.1, -0.05) is 51.5 Å². The molecule has 40 heavy (non-hydrogen) atoms. The van der Waals surface area contributed by atoms with Crippen LogP contribution in [0.3, 0.4) is 0 Å². The molecule has 3 aromatic carbocycles. The van der Waals surface area contributed by atoms with E-state index in [1.165, 1.54) is 6.07 Å². The first-order valence-corrected chi connectivity index (χ1v) is 13.7. The predicted octanol–water partition coefficient (Wildman–Crippen LogP) is 5.26. The molecule has 0 radical (unpaired) electrons. The van der Waals surface area contributed by atoms with Crippen molar-refractivity contribution in [3.8, 4) is 16.9 Å². The van der Waals surface area contributed by atoms with Crippen molar-refractivity contribution in [1.29, 1.82) is 0 Å². The number of methoxy groups -OCH3 is 1. The number of rotatable bonds is 7. The van der Waals surface area contributed by atoms with E-state index in [0.717, 1.165) is 16.7 Å². The lowest BCUT2D eigenvalue weighted by atomic mass is 9.95. The number of aromatic nitrogens is 3. The van der Waals surface area contributed by atoms with Gasteiger partial charge in [0, 0.05) is 23.1 Å². The highest BCUT2D eigenvalue weighted by molar-refractivity contribution is 9.10. The summed E-state index contributed by atoms with van der Waals surface area (Å²) in [7, 11) is 1.56. The highest BCUT2D eigenvalue weighted by atomic mass is 79.9. The van der Waals surface area contributed by atoms with Crippen LogP contribution in [-0.2, 0) is 11.3 Å². The van der Waals surface area contributed by atoms with E-state index >= 15 is 0 Å². The van der Waals surface area contributed by atoms with Crippen LogP contribution in [0.1, 0.15) is 40.1 Å². The number of ether oxygens (including phenoxy) is 1. The standard InChI is InChI=1S/C30H29BrFN5O3/c1-19-6-4-5-7-24(19)26-11-9-23(40-3)15-27(26)30(39)36-13-12-35(29(38)18-36)16-22-17-37(34-33-22)20(2)25-10-8-21(31)14-28(25)32/h4-11,14-15,17,20H,12-13,16,18H2,1-3H3/t20-/m1/s1. The largest absolute Gasteiger partial charge is 0.497 e. The van der Waals surface area contributed by atoms with Crippen LogP contribution in [0.4, 0.5) is 4.39 Å². The van der Waals surface area contributed by atoms with Crippen molar-refractivity contribution >= 4 is 27.7 Å². The first kappa shape index (κ1) is 27.5. The van der Waals surface area contributed by atoms with Crippen LogP contribution in [0.2, 0.25) is 0 Å². The second-order valence-electron chi connectivity index (χ2n) is 9.80. The molecule has 1 saturated heterocycles. The fraction of sp³-hybridized carbons (Fsp3) is 0.267. The molecule has 0 N–H and O–H groups in total. The molecule has 1 fully saturated rings. The van der Waals surface area contributed by atoms with Crippen molar-refractivity contribution in [2.24, 2.45) is 0 Å². The molecule has 2 amide bonds. The molecule has 1 aliphatic heterocycles. The summed E-state index contributed by atoms with van der Waals surface area (Å²) in [4.78, 5) is 30.0. The van der Waals surface area contributed by atoms with Crippen LogP contribution in [0.5, 0.6) is 5.75 Å². The Hall–Kier alpha value is -4.05. The number of hydrogen-bond acceptors (Lipinski definition) is 5. The van der Waals surface area contributed by atoms with E-state index in [-0.39, 0.29) is 36.8 Å². The molecule has 10 heteroatoms. The Labute approximate surface area is 240 Å². The predicted molar refractivity (Wildman–Crippen MR) is 152 cm³/mol. The van der Waals surface area contributed by atoms with E-state index in [4.69, 9.17) is 4.74 Å². The van der Waals surface area contributed by atoms with Crippen molar-refractivity contribution in [2.75, 3.05) is 26.7 Å². The minimum atomic E-state index is -0.371. The van der Waals surface area contributed by atoms with Crippen LogP contribution >= 0.6 is 15.9 Å². The first-order valence-electron chi connectivity index (χ1n) is 12.9. The van der Waals surface area contributed by atoms with Gasteiger partial charge in [-0.3, -0.25) is 9.59 Å². The van der Waals surface area contributed by atoms with Gasteiger partial charge in [0.15, 0.2) is 0 Å². The minimum Gasteiger partial charge on any atom is -0.497 e. The number of amides is 2. The first-order chi connectivity index (χ1) is 19.2. The SMILES string of the molecule is COc1ccc(-c2ccccc2C)c(C(=O)N2CCN(Cc3cn([C@H](C)c4ccc(Br)cc4F)nn3)C(=O)C2)c1. The molecule has 5 rings (SSSR count). The number of nitrogens with zero attached hydrogens (tertiary/aromatic N) is 5. The van der Waals surface area contributed by atoms with Crippen LogP contribution in [0, 0.1) is 12.7 Å². The zero-order valence-corrected chi connectivity index (χ0v) is 24.1. The summed E-state index contributed by atoms with van der Waals surface area (Å²) in [6.45, 7) is 4.79. The van der Waals surface area contributed by atoms with Crippen molar-refractivity contribution in [2.45, 2.75) is 26.4 Å². The third-order valence-electron chi connectivity index (χ3n) is 7.22. The third-order valence-corrected chi connectivity index (χ3v) is 7.71. The number of aryl methyl sites for hydroxylation is 1. The topological polar surface area (TPSA) is 80.6 Å². The zero-order valence-electron chi connectivity index (χ0n) is 22.5. The zero-order chi connectivity index (χ0) is 28.4. The summed E-state index contributed by atoms with van der Waals surface area (Å²) >= 11 is 3.27.